The van der Waals surface area contributed by atoms with Gasteiger partial charge in [-0.2, -0.15) is 11.8 Å². The molecule has 19 heavy (non-hydrogen) atoms. The van der Waals surface area contributed by atoms with Crippen LogP contribution in [0.4, 0.5) is 0 Å². The lowest BCUT2D eigenvalue weighted by Crippen LogP contribution is -2.11. The number of benzene rings is 2. The Morgan fingerprint density at radius 2 is 1.58 bits per heavy atom. The summed E-state index contributed by atoms with van der Waals surface area (Å²) in [5.41, 5.74) is 9.01. The Bertz CT molecular complexity index is 584. The molecule has 0 radical (unpaired) electrons. The minimum Gasteiger partial charge on any atom is -0.389 e. The first kappa shape index (κ1) is 14.4. The standard InChI is InChI=1S/C15H14ClNS2/c16-14-8-4-2-6-12(14)10-19-9-11-5-1-3-7-13(11)15(17)18/h1-8H,9-10H2,(H2,17,18). The van der Waals surface area contributed by atoms with Crippen LogP contribution in [0.15, 0.2) is 48.5 Å². The van der Waals surface area contributed by atoms with Crippen LogP contribution in [0.25, 0.3) is 0 Å². The van der Waals surface area contributed by atoms with Gasteiger partial charge >= 0.3 is 0 Å². The second-order valence-electron chi connectivity index (χ2n) is 4.11. The van der Waals surface area contributed by atoms with Gasteiger partial charge in [-0.1, -0.05) is 66.3 Å². The van der Waals surface area contributed by atoms with Crippen LogP contribution in [0.5, 0.6) is 0 Å². The van der Waals surface area contributed by atoms with Crippen molar-refractivity contribution in [3.05, 3.63) is 70.2 Å². The van der Waals surface area contributed by atoms with Crippen molar-refractivity contribution in [1.29, 1.82) is 0 Å². The lowest BCUT2D eigenvalue weighted by Gasteiger charge is -2.08. The number of thiocarbonyl (C=S) groups is 1. The van der Waals surface area contributed by atoms with Gasteiger partial charge in [0.1, 0.15) is 4.99 Å². The zero-order chi connectivity index (χ0) is 13.7. The van der Waals surface area contributed by atoms with Gasteiger partial charge in [0.05, 0.1) is 0 Å². The molecule has 0 aliphatic heterocycles. The highest BCUT2D eigenvalue weighted by atomic mass is 35.5. The number of halogens is 1. The van der Waals surface area contributed by atoms with E-state index >= 15 is 0 Å². The molecule has 0 aliphatic rings. The van der Waals surface area contributed by atoms with Gasteiger partial charge < -0.3 is 5.73 Å². The molecule has 2 aromatic carbocycles. The van der Waals surface area contributed by atoms with Crippen molar-refractivity contribution in [3.63, 3.8) is 0 Å². The zero-order valence-electron chi connectivity index (χ0n) is 10.3. The van der Waals surface area contributed by atoms with Crippen molar-refractivity contribution in [3.8, 4) is 0 Å². The van der Waals surface area contributed by atoms with Crippen molar-refractivity contribution in [1.82, 2.24) is 0 Å². The van der Waals surface area contributed by atoms with Crippen LogP contribution in [0, 0.1) is 0 Å². The van der Waals surface area contributed by atoms with Crippen molar-refractivity contribution in [2.24, 2.45) is 5.73 Å². The summed E-state index contributed by atoms with van der Waals surface area (Å²) in [5, 5.41) is 0.817. The molecule has 2 rings (SSSR count). The molecule has 0 bridgehead atoms. The number of nitrogens with two attached hydrogens (primary N) is 1. The molecule has 0 heterocycles. The smallest absolute Gasteiger partial charge is 0.104 e. The highest BCUT2D eigenvalue weighted by Gasteiger charge is 2.05. The van der Waals surface area contributed by atoms with Crippen molar-refractivity contribution < 1.29 is 0 Å². The Morgan fingerprint density at radius 1 is 1.00 bits per heavy atom. The van der Waals surface area contributed by atoms with E-state index in [-0.39, 0.29) is 0 Å². The topological polar surface area (TPSA) is 26.0 Å². The van der Waals surface area contributed by atoms with E-state index in [1.54, 1.807) is 11.8 Å². The molecule has 98 valence electrons. The Balaban J connectivity index is 2.00. The van der Waals surface area contributed by atoms with Crippen LogP contribution in [0.2, 0.25) is 5.02 Å². The molecule has 0 unspecified atom stereocenters. The monoisotopic (exact) mass is 307 g/mol. The molecular weight excluding hydrogens is 294 g/mol. The number of thioether (sulfide) groups is 1. The third-order valence-electron chi connectivity index (χ3n) is 2.76. The van der Waals surface area contributed by atoms with Gasteiger partial charge in [0.15, 0.2) is 0 Å². The lowest BCUT2D eigenvalue weighted by molar-refractivity contribution is 1.35. The normalized spacial score (nSPS) is 10.4. The Labute approximate surface area is 128 Å². The quantitative estimate of drug-likeness (QED) is 0.829. The van der Waals surface area contributed by atoms with Crippen molar-refractivity contribution in [2.75, 3.05) is 0 Å². The molecular formula is C15H14ClNS2. The largest absolute Gasteiger partial charge is 0.389 e. The first-order valence-corrected chi connectivity index (χ1v) is 7.81. The summed E-state index contributed by atoms with van der Waals surface area (Å²) < 4.78 is 0. The molecule has 2 N–H and O–H groups in total. The summed E-state index contributed by atoms with van der Waals surface area (Å²) in [6.45, 7) is 0. The predicted octanol–water partition coefficient (Wildman–Crippen LogP) is 4.41. The van der Waals surface area contributed by atoms with Gasteiger partial charge in [0.25, 0.3) is 0 Å². The minimum atomic E-state index is 0.453. The molecule has 0 aliphatic carbocycles. The summed E-state index contributed by atoms with van der Waals surface area (Å²) in [6.07, 6.45) is 0. The average Bonchev–Trinajstić information content (AvgIpc) is 2.41. The first-order valence-electron chi connectivity index (χ1n) is 5.87. The minimum absolute atomic E-state index is 0.453. The number of hydrogen-bond donors (Lipinski definition) is 1. The number of rotatable bonds is 5. The van der Waals surface area contributed by atoms with Crippen LogP contribution in [-0.2, 0) is 11.5 Å². The van der Waals surface area contributed by atoms with Crippen molar-refractivity contribution in [2.45, 2.75) is 11.5 Å². The van der Waals surface area contributed by atoms with E-state index in [2.05, 4.69) is 12.1 Å². The number of hydrogen-bond acceptors (Lipinski definition) is 2. The molecule has 0 amide bonds. The molecule has 4 heteroatoms. The molecule has 0 atom stereocenters. The Hall–Kier alpha value is -1.03. The van der Waals surface area contributed by atoms with Gasteiger partial charge in [-0.05, 0) is 17.2 Å². The van der Waals surface area contributed by atoms with Gasteiger partial charge in [0, 0.05) is 22.1 Å². The second-order valence-corrected chi connectivity index (χ2v) is 5.94. The maximum atomic E-state index is 6.13. The van der Waals surface area contributed by atoms with E-state index in [4.69, 9.17) is 29.6 Å². The highest BCUT2D eigenvalue weighted by molar-refractivity contribution is 7.97. The molecule has 1 nitrogen and oxygen atoms in total. The van der Waals surface area contributed by atoms with Gasteiger partial charge in [-0.3, -0.25) is 0 Å². The maximum absolute atomic E-state index is 6.13. The molecule has 2 aromatic rings. The fourth-order valence-corrected chi connectivity index (χ4v) is 3.30. The second kappa shape index (κ2) is 6.94. The fourth-order valence-electron chi connectivity index (χ4n) is 1.77. The Morgan fingerprint density at radius 3 is 2.26 bits per heavy atom. The van der Waals surface area contributed by atoms with E-state index in [0.29, 0.717) is 4.99 Å². The van der Waals surface area contributed by atoms with Gasteiger partial charge in [-0.15, -0.1) is 0 Å². The first-order chi connectivity index (χ1) is 9.18. The third kappa shape index (κ3) is 3.96. The SMILES string of the molecule is NC(=S)c1ccccc1CSCc1ccccc1Cl. The van der Waals surface area contributed by atoms with Crippen LogP contribution in [-0.4, -0.2) is 4.99 Å². The summed E-state index contributed by atoms with van der Waals surface area (Å²) in [5.74, 6) is 1.75. The van der Waals surface area contributed by atoms with Crippen LogP contribution < -0.4 is 5.73 Å². The van der Waals surface area contributed by atoms with E-state index in [0.717, 1.165) is 27.7 Å². The van der Waals surface area contributed by atoms with Gasteiger partial charge in [0.2, 0.25) is 0 Å². The molecule has 0 spiro atoms. The van der Waals surface area contributed by atoms with E-state index in [1.165, 1.54) is 5.56 Å². The highest BCUT2D eigenvalue weighted by Crippen LogP contribution is 2.24. The third-order valence-corrected chi connectivity index (χ3v) is 4.37. The average molecular weight is 308 g/mol. The van der Waals surface area contributed by atoms with Gasteiger partial charge in [-0.25, -0.2) is 0 Å². The summed E-state index contributed by atoms with van der Waals surface area (Å²) in [4.78, 5) is 0.453. The molecule has 0 saturated carbocycles. The Kier molecular flexibility index (Phi) is 5.25. The zero-order valence-corrected chi connectivity index (χ0v) is 12.7. The lowest BCUT2D eigenvalue weighted by atomic mass is 10.1. The molecule has 0 fully saturated rings. The summed E-state index contributed by atoms with van der Waals surface area (Å²) in [7, 11) is 0. The maximum Gasteiger partial charge on any atom is 0.104 e. The van der Waals surface area contributed by atoms with Crippen LogP contribution >= 0.6 is 35.6 Å². The van der Waals surface area contributed by atoms with Crippen LogP contribution in [0.1, 0.15) is 16.7 Å². The predicted molar refractivity (Wildman–Crippen MR) is 88.8 cm³/mol. The van der Waals surface area contributed by atoms with E-state index < -0.39 is 0 Å². The van der Waals surface area contributed by atoms with E-state index in [1.807, 2.05) is 36.4 Å². The van der Waals surface area contributed by atoms with Crippen LogP contribution in [0.3, 0.4) is 0 Å². The summed E-state index contributed by atoms with van der Waals surface area (Å²) >= 11 is 13.0. The van der Waals surface area contributed by atoms with Crippen molar-refractivity contribution >= 4 is 40.6 Å². The summed E-state index contributed by atoms with van der Waals surface area (Å²) in [6, 6.07) is 15.9. The molecule has 0 aromatic heterocycles. The van der Waals surface area contributed by atoms with E-state index in [9.17, 15) is 0 Å². The molecule has 0 saturated heterocycles. The fraction of sp³-hybridized carbons (Fsp3) is 0.133.